The fourth-order valence-corrected chi connectivity index (χ4v) is 0.199. The maximum atomic E-state index is 10.2. The van der Waals surface area contributed by atoms with Gasteiger partial charge in [-0.1, -0.05) is 12.7 Å². The summed E-state index contributed by atoms with van der Waals surface area (Å²) >= 11 is 0. The van der Waals surface area contributed by atoms with Gasteiger partial charge < -0.3 is 16.4 Å². The topological polar surface area (TPSA) is 29.4 Å². The van der Waals surface area contributed by atoms with Gasteiger partial charge in [-0.25, -0.2) is 5.70 Å². The largest absolute Gasteiger partial charge is 0.491 e. The van der Waals surface area contributed by atoms with Gasteiger partial charge in [0.25, 0.3) is 0 Å². The van der Waals surface area contributed by atoms with Crippen LogP contribution in [-0.2, 0) is 37.5 Å². The average Bonchev–Trinajstić information content (AvgIpc) is 1.67. The Morgan fingerprint density at radius 1 is 1.67 bits per heavy atom. The monoisotopic (exact) mass is 198 g/mol. The average molecular weight is 198 g/mol. The predicted molar refractivity (Wildman–Crippen MR) is 31.6 cm³/mol. The summed E-state index contributed by atoms with van der Waals surface area (Å²) in [4.78, 5) is 13.7. The van der Waals surface area contributed by atoms with E-state index in [1.807, 2.05) is 0 Å². The number of hydrogen-bond acceptors (Lipinski definition) is 2. The molecular formula is C6H7NOY-2. The number of Topliss-reactive ketones (excluding diaryl/α,β-unsaturated/α-hetero) is 1. The Balaban J connectivity index is 0. The third kappa shape index (κ3) is 6.06. The minimum absolute atomic E-state index is 0. The number of nitrogens with zero attached hydrogens (tertiary/aromatic N) is 1. The maximum absolute atomic E-state index is 10.2. The molecule has 0 aromatic carbocycles. The molecule has 0 heterocycles. The second-order valence-electron chi connectivity index (χ2n) is 1.28. The number of carbonyl (C=O) groups is 1. The van der Waals surface area contributed by atoms with Gasteiger partial charge in [-0.15, -0.1) is 6.92 Å². The Hall–Kier alpha value is 0.184. The van der Waals surface area contributed by atoms with Crippen LogP contribution in [0.25, 0.3) is 0 Å². The van der Waals surface area contributed by atoms with Crippen molar-refractivity contribution < 1.29 is 37.5 Å². The maximum Gasteiger partial charge on any atom is 0 e. The van der Waals surface area contributed by atoms with Crippen molar-refractivity contribution in [3.8, 4) is 0 Å². The summed E-state index contributed by atoms with van der Waals surface area (Å²) in [5.41, 5.74) is 0.00694. The number of aliphatic imine (C=N–C) groups is 1. The quantitative estimate of drug-likeness (QED) is 0.367. The molecule has 0 aromatic heterocycles. The summed E-state index contributed by atoms with van der Waals surface area (Å²) in [5, 5.41) is 0. The number of carbonyl (C=O) groups excluding carboxylic acids is 1. The van der Waals surface area contributed by atoms with Crippen LogP contribution in [0.4, 0.5) is 0 Å². The second kappa shape index (κ2) is 6.31. The van der Waals surface area contributed by atoms with E-state index in [2.05, 4.69) is 11.2 Å². The summed E-state index contributed by atoms with van der Waals surface area (Å²) in [5.74, 6) is -0.223. The van der Waals surface area contributed by atoms with Crippen molar-refractivity contribution in [2.75, 3.05) is 0 Å². The molecule has 0 aromatic rings. The molecule has 0 saturated heterocycles. The molecule has 0 aliphatic rings. The van der Waals surface area contributed by atoms with E-state index in [-0.39, 0.29) is 44.2 Å². The Morgan fingerprint density at radius 2 is 2.11 bits per heavy atom. The summed E-state index contributed by atoms with van der Waals surface area (Å²) < 4.78 is 0. The summed E-state index contributed by atoms with van der Waals surface area (Å²) in [7, 11) is 0. The number of allylic oxidation sites excluding steroid dienone is 1. The van der Waals surface area contributed by atoms with E-state index in [0.29, 0.717) is 0 Å². The van der Waals surface area contributed by atoms with E-state index in [1.165, 1.54) is 6.92 Å². The number of hydrogen-bond donors (Lipinski definition) is 0. The molecule has 0 N–H and O–H groups in total. The molecule has 0 aliphatic carbocycles. The van der Waals surface area contributed by atoms with Gasteiger partial charge in [-0.3, -0.25) is 0 Å². The third-order valence-corrected chi connectivity index (χ3v) is 0.593. The molecule has 0 fully saturated rings. The molecule has 0 aliphatic heterocycles. The molecule has 3 heteroatoms. The van der Waals surface area contributed by atoms with E-state index in [0.717, 1.165) is 0 Å². The van der Waals surface area contributed by atoms with Gasteiger partial charge in [-0.2, -0.15) is 6.21 Å². The first-order valence-corrected chi connectivity index (χ1v) is 2.19. The summed E-state index contributed by atoms with van der Waals surface area (Å²) in [6.07, 6.45) is 2.39. The van der Waals surface area contributed by atoms with Gasteiger partial charge in [-0.05, 0) is 0 Å². The first-order valence-electron chi connectivity index (χ1n) is 2.19. The second-order valence-corrected chi connectivity index (χ2v) is 1.28. The Kier molecular flexibility index (Phi) is 8.35. The van der Waals surface area contributed by atoms with Crippen LogP contribution in [0, 0.1) is 6.58 Å². The molecule has 0 rings (SSSR count). The smallest absolute Gasteiger partial charge is 0 e. The number of rotatable bonds is 2. The van der Waals surface area contributed by atoms with Crippen LogP contribution in [0.15, 0.2) is 10.7 Å². The summed E-state index contributed by atoms with van der Waals surface area (Å²) in [6, 6.07) is 0. The van der Waals surface area contributed by atoms with Gasteiger partial charge in [0.15, 0.2) is 0 Å². The SMILES string of the molecule is [CH-]=C(N=[C-]C)C(C)=O.[Y]. The molecule has 9 heavy (non-hydrogen) atoms. The van der Waals surface area contributed by atoms with Crippen molar-refractivity contribution in [2.24, 2.45) is 4.99 Å². The first kappa shape index (κ1) is 11.9. The van der Waals surface area contributed by atoms with Crippen LogP contribution in [0.3, 0.4) is 0 Å². The molecule has 47 valence electrons. The molecule has 0 saturated carbocycles. The number of ketones is 1. The Morgan fingerprint density at radius 3 is 2.22 bits per heavy atom. The van der Waals surface area contributed by atoms with Gasteiger partial charge in [0, 0.05) is 32.7 Å². The van der Waals surface area contributed by atoms with Crippen LogP contribution < -0.4 is 0 Å². The molecule has 0 bridgehead atoms. The predicted octanol–water partition coefficient (Wildman–Crippen LogP) is 0.857. The van der Waals surface area contributed by atoms with Crippen molar-refractivity contribution in [3.63, 3.8) is 0 Å². The van der Waals surface area contributed by atoms with Gasteiger partial charge in [0.05, 0.1) is 0 Å². The fraction of sp³-hybridized carbons (Fsp3) is 0.333. The minimum Gasteiger partial charge on any atom is -0.491 e. The standard InChI is InChI=1S/C6H7NO.Y/c1-4-7-5(2)6(3)8;/h2H,1,3H3;/q-2;. The van der Waals surface area contributed by atoms with Crippen LogP contribution in [0.1, 0.15) is 13.8 Å². The van der Waals surface area contributed by atoms with Crippen molar-refractivity contribution in [2.45, 2.75) is 13.8 Å². The zero-order valence-corrected chi connectivity index (χ0v) is 8.35. The first-order chi connectivity index (χ1) is 3.68. The fourth-order valence-electron chi connectivity index (χ4n) is 0.199. The van der Waals surface area contributed by atoms with Crippen LogP contribution in [0.2, 0.25) is 0 Å². The van der Waals surface area contributed by atoms with E-state index in [4.69, 9.17) is 6.58 Å². The molecule has 1 radical (unpaired) electrons. The van der Waals surface area contributed by atoms with Gasteiger partial charge in [0.1, 0.15) is 0 Å². The zero-order chi connectivity index (χ0) is 6.57. The van der Waals surface area contributed by atoms with E-state index in [9.17, 15) is 4.79 Å². The Bertz CT molecular complexity index is 140. The van der Waals surface area contributed by atoms with Gasteiger partial charge >= 0.3 is 0 Å². The van der Waals surface area contributed by atoms with Crippen LogP contribution in [0.5, 0.6) is 0 Å². The van der Waals surface area contributed by atoms with Gasteiger partial charge in [0.2, 0.25) is 0 Å². The summed E-state index contributed by atoms with van der Waals surface area (Å²) in [6.45, 7) is 8.00. The molecule has 0 amide bonds. The molecular weight excluding hydrogens is 191 g/mol. The molecule has 0 unspecified atom stereocenters. The molecule has 0 spiro atoms. The van der Waals surface area contributed by atoms with Crippen LogP contribution in [-0.4, -0.2) is 12.0 Å². The van der Waals surface area contributed by atoms with Crippen molar-refractivity contribution in [1.82, 2.24) is 0 Å². The van der Waals surface area contributed by atoms with Crippen molar-refractivity contribution in [3.05, 3.63) is 12.3 Å². The Labute approximate surface area is 80.3 Å². The third-order valence-electron chi connectivity index (χ3n) is 0.593. The normalized spacial score (nSPS) is 8.67. The van der Waals surface area contributed by atoms with Crippen molar-refractivity contribution in [1.29, 1.82) is 0 Å². The zero-order valence-electron chi connectivity index (χ0n) is 5.51. The molecule has 2 nitrogen and oxygen atoms in total. The minimum atomic E-state index is -0.223. The van der Waals surface area contributed by atoms with Crippen LogP contribution >= 0.6 is 0 Å². The van der Waals surface area contributed by atoms with E-state index in [1.54, 1.807) is 6.92 Å². The van der Waals surface area contributed by atoms with E-state index >= 15 is 0 Å². The van der Waals surface area contributed by atoms with Crippen molar-refractivity contribution >= 4 is 12.0 Å². The van der Waals surface area contributed by atoms with E-state index < -0.39 is 0 Å². The molecule has 0 atom stereocenters.